The molecule has 1 amide bonds. The number of aromatic nitrogens is 4. The zero-order chi connectivity index (χ0) is 16.5. The predicted molar refractivity (Wildman–Crippen MR) is 91.7 cm³/mol. The summed E-state index contributed by atoms with van der Waals surface area (Å²) >= 11 is 0. The van der Waals surface area contributed by atoms with Crippen LogP contribution in [0.1, 0.15) is 30.6 Å². The smallest absolute Gasteiger partial charge is 0.224 e. The second kappa shape index (κ2) is 6.11. The molecule has 0 saturated carbocycles. The van der Waals surface area contributed by atoms with Crippen LogP contribution in [0.4, 0.5) is 0 Å². The van der Waals surface area contributed by atoms with E-state index in [4.69, 9.17) is 0 Å². The molecule has 6 nitrogen and oxygen atoms in total. The van der Waals surface area contributed by atoms with Gasteiger partial charge in [0.2, 0.25) is 5.91 Å². The van der Waals surface area contributed by atoms with E-state index in [0.717, 1.165) is 53.9 Å². The molecule has 0 aliphatic carbocycles. The number of para-hydroxylation sites is 1. The fraction of sp³-hybridized carbons (Fsp3) is 0.389. The second-order valence-corrected chi connectivity index (χ2v) is 6.34. The van der Waals surface area contributed by atoms with Gasteiger partial charge in [0, 0.05) is 42.5 Å². The highest BCUT2D eigenvalue weighted by molar-refractivity contribution is 5.88. The Bertz CT molecular complexity index is 865. The van der Waals surface area contributed by atoms with E-state index in [0.29, 0.717) is 6.42 Å². The van der Waals surface area contributed by atoms with Crippen molar-refractivity contribution in [3.8, 4) is 0 Å². The number of nitrogens with zero attached hydrogens (tertiary/aromatic N) is 3. The van der Waals surface area contributed by atoms with Crippen molar-refractivity contribution in [1.82, 2.24) is 25.1 Å². The molecule has 2 aromatic heterocycles. The Hall–Kier alpha value is -2.63. The summed E-state index contributed by atoms with van der Waals surface area (Å²) < 4.78 is 2.15. The van der Waals surface area contributed by atoms with Crippen LogP contribution in [-0.4, -0.2) is 31.7 Å². The van der Waals surface area contributed by atoms with E-state index in [1.807, 2.05) is 30.5 Å². The van der Waals surface area contributed by atoms with E-state index < -0.39 is 0 Å². The zero-order valence-electron chi connectivity index (χ0n) is 13.7. The molecule has 4 rings (SSSR count). The van der Waals surface area contributed by atoms with E-state index >= 15 is 0 Å². The zero-order valence-corrected chi connectivity index (χ0v) is 13.7. The molecule has 0 saturated heterocycles. The normalized spacial score (nSPS) is 17.0. The molecule has 3 aromatic rings. The van der Waals surface area contributed by atoms with Crippen LogP contribution in [0, 0.1) is 0 Å². The van der Waals surface area contributed by atoms with Gasteiger partial charge in [-0.15, -0.1) is 10.2 Å². The van der Waals surface area contributed by atoms with Gasteiger partial charge in [0.25, 0.3) is 0 Å². The van der Waals surface area contributed by atoms with Gasteiger partial charge in [-0.1, -0.05) is 25.1 Å². The third kappa shape index (κ3) is 2.68. The number of carbonyl (C=O) groups excluding carboxylic acids is 1. The number of nitrogens with one attached hydrogen (secondary N) is 2. The summed E-state index contributed by atoms with van der Waals surface area (Å²) in [5.41, 5.74) is 2.11. The van der Waals surface area contributed by atoms with Crippen LogP contribution in [0.2, 0.25) is 0 Å². The first-order chi connectivity index (χ1) is 11.7. The van der Waals surface area contributed by atoms with E-state index in [1.54, 1.807) is 0 Å². The molecule has 1 aromatic carbocycles. The number of aromatic amines is 1. The Balaban J connectivity index is 1.43. The van der Waals surface area contributed by atoms with Crippen molar-refractivity contribution in [3.63, 3.8) is 0 Å². The Morgan fingerprint density at radius 2 is 2.25 bits per heavy atom. The van der Waals surface area contributed by atoms with Gasteiger partial charge >= 0.3 is 0 Å². The lowest BCUT2D eigenvalue weighted by atomic mass is 10.1. The number of H-pyrrole nitrogens is 1. The van der Waals surface area contributed by atoms with Crippen molar-refractivity contribution in [1.29, 1.82) is 0 Å². The van der Waals surface area contributed by atoms with Crippen molar-refractivity contribution in [2.24, 2.45) is 0 Å². The summed E-state index contributed by atoms with van der Waals surface area (Å²) in [5.74, 6) is 2.11. The summed E-state index contributed by atoms with van der Waals surface area (Å²) in [6.07, 6.45) is 4.98. The van der Waals surface area contributed by atoms with Gasteiger partial charge in [-0.05, 0) is 18.1 Å². The summed E-state index contributed by atoms with van der Waals surface area (Å²) in [6, 6.07) is 8.21. The lowest BCUT2D eigenvalue weighted by Crippen LogP contribution is -2.42. The van der Waals surface area contributed by atoms with Crippen LogP contribution in [0.3, 0.4) is 0 Å². The van der Waals surface area contributed by atoms with E-state index in [1.165, 1.54) is 0 Å². The molecule has 6 heteroatoms. The molecule has 0 bridgehead atoms. The van der Waals surface area contributed by atoms with Crippen molar-refractivity contribution in [3.05, 3.63) is 47.7 Å². The van der Waals surface area contributed by atoms with Crippen LogP contribution in [0.5, 0.6) is 0 Å². The summed E-state index contributed by atoms with van der Waals surface area (Å²) in [6.45, 7) is 2.85. The monoisotopic (exact) mass is 323 g/mol. The second-order valence-electron chi connectivity index (χ2n) is 6.34. The Labute approximate surface area is 140 Å². The Morgan fingerprint density at radius 1 is 1.38 bits per heavy atom. The quantitative estimate of drug-likeness (QED) is 0.771. The molecule has 0 fully saturated rings. The number of amides is 1. The summed E-state index contributed by atoms with van der Waals surface area (Å²) in [4.78, 5) is 15.7. The number of fused-ring (bicyclic) bond motifs is 2. The molecule has 0 spiro atoms. The van der Waals surface area contributed by atoms with E-state index in [-0.39, 0.29) is 11.9 Å². The third-order valence-corrected chi connectivity index (χ3v) is 4.73. The SMILES string of the molecule is CCc1nnc2n1C[C@H](NC(=O)Cc1c[nH]c3ccccc13)CC2. The fourth-order valence-electron chi connectivity index (χ4n) is 3.49. The van der Waals surface area contributed by atoms with Gasteiger partial charge in [0.1, 0.15) is 11.6 Å². The van der Waals surface area contributed by atoms with Crippen LogP contribution < -0.4 is 5.32 Å². The first kappa shape index (κ1) is 14.9. The number of aryl methyl sites for hydroxylation is 2. The fourth-order valence-corrected chi connectivity index (χ4v) is 3.49. The number of carbonyl (C=O) groups is 1. The highest BCUT2D eigenvalue weighted by atomic mass is 16.1. The van der Waals surface area contributed by atoms with Gasteiger partial charge < -0.3 is 14.9 Å². The van der Waals surface area contributed by atoms with Crippen molar-refractivity contribution >= 4 is 16.8 Å². The minimum absolute atomic E-state index is 0.0688. The van der Waals surface area contributed by atoms with E-state index in [2.05, 4.69) is 32.0 Å². The van der Waals surface area contributed by atoms with Gasteiger partial charge in [0.15, 0.2) is 0 Å². The molecule has 1 aliphatic rings. The predicted octanol–water partition coefficient (Wildman–Crippen LogP) is 2.00. The lowest BCUT2D eigenvalue weighted by Gasteiger charge is -2.25. The molecular formula is C18H21N5O. The van der Waals surface area contributed by atoms with Crippen LogP contribution >= 0.6 is 0 Å². The highest BCUT2D eigenvalue weighted by Gasteiger charge is 2.23. The average Bonchev–Trinajstić information content (AvgIpc) is 3.19. The largest absolute Gasteiger partial charge is 0.361 e. The molecule has 1 aliphatic heterocycles. The van der Waals surface area contributed by atoms with Crippen molar-refractivity contribution in [2.45, 2.75) is 45.2 Å². The van der Waals surface area contributed by atoms with Crippen LogP contribution in [0.15, 0.2) is 30.5 Å². The van der Waals surface area contributed by atoms with Gasteiger partial charge in [0.05, 0.1) is 6.42 Å². The molecule has 2 N–H and O–H groups in total. The van der Waals surface area contributed by atoms with Crippen LogP contribution in [-0.2, 0) is 30.6 Å². The number of benzene rings is 1. The minimum Gasteiger partial charge on any atom is -0.361 e. The highest BCUT2D eigenvalue weighted by Crippen LogP contribution is 2.19. The molecule has 3 heterocycles. The van der Waals surface area contributed by atoms with E-state index in [9.17, 15) is 4.79 Å². The molecule has 24 heavy (non-hydrogen) atoms. The third-order valence-electron chi connectivity index (χ3n) is 4.73. The van der Waals surface area contributed by atoms with Crippen molar-refractivity contribution in [2.75, 3.05) is 0 Å². The summed E-state index contributed by atoms with van der Waals surface area (Å²) in [7, 11) is 0. The lowest BCUT2D eigenvalue weighted by molar-refractivity contribution is -0.121. The maximum atomic E-state index is 12.5. The van der Waals surface area contributed by atoms with Gasteiger partial charge in [-0.2, -0.15) is 0 Å². The van der Waals surface area contributed by atoms with Crippen LogP contribution in [0.25, 0.3) is 10.9 Å². The number of hydrogen-bond acceptors (Lipinski definition) is 3. The van der Waals surface area contributed by atoms with Crippen molar-refractivity contribution < 1.29 is 4.79 Å². The maximum absolute atomic E-state index is 12.5. The first-order valence-electron chi connectivity index (χ1n) is 8.50. The Morgan fingerprint density at radius 3 is 3.12 bits per heavy atom. The first-order valence-corrected chi connectivity index (χ1v) is 8.50. The summed E-state index contributed by atoms with van der Waals surface area (Å²) in [5, 5.41) is 12.7. The standard InChI is InChI=1S/C18H21N5O/c1-2-16-21-22-17-8-7-13(11-23(16)17)20-18(24)9-12-10-19-15-6-4-3-5-14(12)15/h3-6,10,13,19H,2,7-9,11H2,1H3,(H,20,24)/t13-/m1/s1. The molecule has 0 unspecified atom stereocenters. The molecule has 0 radical (unpaired) electrons. The number of rotatable bonds is 4. The van der Waals surface area contributed by atoms with Gasteiger partial charge in [-0.25, -0.2) is 0 Å². The topological polar surface area (TPSA) is 75.6 Å². The number of hydrogen-bond donors (Lipinski definition) is 2. The van der Waals surface area contributed by atoms with Gasteiger partial charge in [-0.3, -0.25) is 4.79 Å². The minimum atomic E-state index is 0.0688. The molecule has 124 valence electrons. The molecule has 1 atom stereocenters. The maximum Gasteiger partial charge on any atom is 0.224 e. The average molecular weight is 323 g/mol. The Kier molecular flexibility index (Phi) is 3.80. The molecular weight excluding hydrogens is 302 g/mol.